The van der Waals surface area contributed by atoms with Crippen LogP contribution in [0.2, 0.25) is 0 Å². The van der Waals surface area contributed by atoms with E-state index < -0.39 is 0 Å². The fourth-order valence-corrected chi connectivity index (χ4v) is 3.66. The van der Waals surface area contributed by atoms with Crippen LogP contribution in [-0.4, -0.2) is 21.1 Å². The number of hydrogen-bond acceptors (Lipinski definition) is 5. The Balaban J connectivity index is 1.54. The molecular formula is C19H17N3O2. The number of nitrogen functional groups attached to an aromatic ring is 1. The van der Waals surface area contributed by atoms with E-state index in [0.717, 1.165) is 25.7 Å². The maximum Gasteiger partial charge on any atom is 0.161 e. The fourth-order valence-electron chi connectivity index (χ4n) is 3.66. The second kappa shape index (κ2) is 5.34. The first-order chi connectivity index (χ1) is 11.5. The van der Waals surface area contributed by atoms with Gasteiger partial charge in [-0.25, -0.2) is 0 Å². The van der Waals surface area contributed by atoms with Crippen LogP contribution in [-0.2, 0) is 4.79 Å². The fraction of sp³-hybridized carbons (Fsp3) is 0.316. The highest BCUT2D eigenvalue weighted by Gasteiger charge is 2.52. The van der Waals surface area contributed by atoms with Crippen LogP contribution in [0.25, 0.3) is 11.3 Å². The molecule has 1 aromatic heterocycles. The van der Waals surface area contributed by atoms with Gasteiger partial charge >= 0.3 is 0 Å². The van der Waals surface area contributed by atoms with Crippen molar-refractivity contribution < 1.29 is 9.90 Å². The van der Waals surface area contributed by atoms with Crippen LogP contribution < -0.4 is 5.73 Å². The van der Waals surface area contributed by atoms with E-state index in [0.29, 0.717) is 28.5 Å². The van der Waals surface area contributed by atoms with Gasteiger partial charge in [-0.3, -0.25) is 4.79 Å². The molecule has 0 amide bonds. The quantitative estimate of drug-likeness (QED) is 0.789. The number of Topliss-reactive ketones (excluding diaryl/α,β-unsaturated/α-hetero) is 1. The number of benzene rings is 1. The van der Waals surface area contributed by atoms with E-state index in [1.165, 1.54) is 0 Å². The molecule has 4 rings (SSSR count). The molecule has 2 aromatic rings. The largest absolute Gasteiger partial charge is 0.507 e. The second-order valence-corrected chi connectivity index (χ2v) is 6.81. The summed E-state index contributed by atoms with van der Waals surface area (Å²) in [5, 5.41) is 17.9. The lowest BCUT2D eigenvalue weighted by Gasteiger charge is -2.51. The molecule has 3 N–H and O–H groups in total. The zero-order valence-corrected chi connectivity index (χ0v) is 13.1. The lowest BCUT2D eigenvalue weighted by Crippen LogP contribution is -2.47. The molecule has 0 unspecified atom stereocenters. The summed E-state index contributed by atoms with van der Waals surface area (Å²) in [5.74, 6) is 7.46. The number of aromatic nitrogens is 2. The number of para-hydroxylation sites is 1. The third-order valence-corrected chi connectivity index (χ3v) is 4.92. The second-order valence-electron chi connectivity index (χ2n) is 6.81. The molecule has 1 spiro atoms. The van der Waals surface area contributed by atoms with Crippen LogP contribution in [0.4, 0.5) is 5.82 Å². The monoisotopic (exact) mass is 319 g/mol. The maximum atomic E-state index is 11.1. The molecule has 0 aliphatic heterocycles. The summed E-state index contributed by atoms with van der Waals surface area (Å²) >= 11 is 0. The summed E-state index contributed by atoms with van der Waals surface area (Å²) in [6.45, 7) is 0. The Morgan fingerprint density at radius 2 is 1.96 bits per heavy atom. The molecule has 2 saturated carbocycles. The molecule has 2 fully saturated rings. The predicted molar refractivity (Wildman–Crippen MR) is 89.8 cm³/mol. The minimum atomic E-state index is 0.145. The lowest BCUT2D eigenvalue weighted by atomic mass is 9.51. The van der Waals surface area contributed by atoms with Gasteiger partial charge in [-0.2, -0.15) is 0 Å². The molecule has 0 atom stereocenters. The van der Waals surface area contributed by atoms with Crippen molar-refractivity contribution in [3.05, 3.63) is 35.9 Å². The molecule has 120 valence electrons. The minimum absolute atomic E-state index is 0.145. The van der Waals surface area contributed by atoms with Crippen LogP contribution >= 0.6 is 0 Å². The van der Waals surface area contributed by atoms with Crippen LogP contribution in [0.3, 0.4) is 0 Å². The molecule has 5 nitrogen and oxygen atoms in total. The maximum absolute atomic E-state index is 11.1. The Hall–Kier alpha value is -2.87. The number of rotatable bonds is 1. The van der Waals surface area contributed by atoms with Crippen molar-refractivity contribution in [2.45, 2.75) is 25.7 Å². The molecular weight excluding hydrogens is 302 g/mol. The Bertz CT molecular complexity index is 879. The van der Waals surface area contributed by atoms with Gasteiger partial charge in [-0.15, -0.1) is 10.2 Å². The van der Waals surface area contributed by atoms with Crippen molar-refractivity contribution in [2.24, 2.45) is 11.3 Å². The van der Waals surface area contributed by atoms with Gasteiger partial charge in [-0.1, -0.05) is 24.0 Å². The molecule has 0 bridgehead atoms. The highest BCUT2D eigenvalue weighted by atomic mass is 16.3. The third-order valence-electron chi connectivity index (χ3n) is 4.92. The van der Waals surface area contributed by atoms with Crippen molar-refractivity contribution in [3.8, 4) is 28.8 Å². The molecule has 1 aromatic carbocycles. The Kier molecular flexibility index (Phi) is 3.27. The van der Waals surface area contributed by atoms with Crippen LogP contribution in [0.1, 0.15) is 31.2 Å². The van der Waals surface area contributed by atoms with Gasteiger partial charge in [0.2, 0.25) is 0 Å². The van der Waals surface area contributed by atoms with E-state index in [-0.39, 0.29) is 17.0 Å². The van der Waals surface area contributed by atoms with Crippen molar-refractivity contribution in [1.29, 1.82) is 0 Å². The summed E-state index contributed by atoms with van der Waals surface area (Å²) in [6, 6.07) is 8.71. The van der Waals surface area contributed by atoms with Crippen molar-refractivity contribution in [3.63, 3.8) is 0 Å². The average Bonchev–Trinajstić information content (AvgIpc) is 2.50. The van der Waals surface area contributed by atoms with Crippen molar-refractivity contribution in [2.75, 3.05) is 5.73 Å². The van der Waals surface area contributed by atoms with Crippen LogP contribution in [0.15, 0.2) is 30.3 Å². The van der Waals surface area contributed by atoms with E-state index in [4.69, 9.17) is 5.73 Å². The van der Waals surface area contributed by atoms with E-state index in [1.54, 1.807) is 24.3 Å². The summed E-state index contributed by atoms with van der Waals surface area (Å²) < 4.78 is 0. The normalized spacial score (nSPS) is 18.4. The minimum Gasteiger partial charge on any atom is -0.507 e. The molecule has 1 heterocycles. The Labute approximate surface area is 139 Å². The van der Waals surface area contributed by atoms with Gasteiger partial charge in [0, 0.05) is 24.3 Å². The number of aromatic hydroxyl groups is 1. The number of phenols is 1. The summed E-state index contributed by atoms with van der Waals surface area (Å²) in [4.78, 5) is 11.1. The van der Waals surface area contributed by atoms with Crippen molar-refractivity contribution in [1.82, 2.24) is 10.2 Å². The van der Waals surface area contributed by atoms with Gasteiger partial charge in [0.1, 0.15) is 11.5 Å². The van der Waals surface area contributed by atoms with Gasteiger partial charge in [-0.05, 0) is 36.5 Å². The Morgan fingerprint density at radius 1 is 1.21 bits per heavy atom. The van der Waals surface area contributed by atoms with Crippen LogP contribution in [0, 0.1) is 23.2 Å². The number of phenolic OH excluding ortho intramolecular Hbond substituents is 1. The summed E-state index contributed by atoms with van der Waals surface area (Å²) in [7, 11) is 0. The first-order valence-corrected chi connectivity index (χ1v) is 7.99. The number of carbonyl (C=O) groups excluding carboxylic acids is 1. The molecule has 0 saturated heterocycles. The number of hydrogen-bond donors (Lipinski definition) is 2. The van der Waals surface area contributed by atoms with Crippen LogP contribution in [0.5, 0.6) is 5.75 Å². The standard InChI is InChI=1S/C19H17N3O2/c20-18-13(6-5-12-8-19(9-12)10-14(23)11-19)7-16(21-22-18)15-3-1-2-4-17(15)24/h1-4,7,12,24H,8-11H2,(H2,20,22). The predicted octanol–water partition coefficient (Wildman–Crippen LogP) is 2.54. The van der Waals surface area contributed by atoms with E-state index in [1.807, 2.05) is 6.07 Å². The molecule has 24 heavy (non-hydrogen) atoms. The highest BCUT2D eigenvalue weighted by molar-refractivity contribution is 5.86. The summed E-state index contributed by atoms with van der Waals surface area (Å²) in [5.41, 5.74) is 7.89. The number of nitrogens with two attached hydrogens (primary N) is 1. The highest BCUT2D eigenvalue weighted by Crippen LogP contribution is 2.56. The van der Waals surface area contributed by atoms with Gasteiger partial charge < -0.3 is 10.8 Å². The molecule has 0 radical (unpaired) electrons. The van der Waals surface area contributed by atoms with Crippen molar-refractivity contribution >= 4 is 11.6 Å². The topological polar surface area (TPSA) is 89.1 Å². The van der Waals surface area contributed by atoms with E-state index >= 15 is 0 Å². The van der Waals surface area contributed by atoms with Gasteiger partial charge in [0.15, 0.2) is 5.82 Å². The summed E-state index contributed by atoms with van der Waals surface area (Å²) in [6.07, 6.45) is 3.44. The number of carbonyl (C=O) groups is 1. The third kappa shape index (κ3) is 2.50. The SMILES string of the molecule is Nc1nnc(-c2ccccc2O)cc1C#CC1CC2(CC(=O)C2)C1. The average molecular weight is 319 g/mol. The van der Waals surface area contributed by atoms with E-state index in [9.17, 15) is 9.90 Å². The molecule has 2 aliphatic carbocycles. The smallest absolute Gasteiger partial charge is 0.161 e. The van der Waals surface area contributed by atoms with Gasteiger partial charge in [0.05, 0.1) is 11.3 Å². The zero-order valence-electron chi connectivity index (χ0n) is 13.1. The number of anilines is 1. The first kappa shape index (κ1) is 14.7. The molecule has 5 heteroatoms. The Morgan fingerprint density at radius 3 is 2.67 bits per heavy atom. The molecule has 2 aliphatic rings. The van der Waals surface area contributed by atoms with E-state index in [2.05, 4.69) is 22.0 Å². The number of nitrogens with zero attached hydrogens (tertiary/aromatic N) is 2. The van der Waals surface area contributed by atoms with Gasteiger partial charge in [0.25, 0.3) is 0 Å². The number of ketones is 1. The first-order valence-electron chi connectivity index (χ1n) is 7.99. The lowest BCUT2D eigenvalue weighted by molar-refractivity contribution is -0.140. The zero-order chi connectivity index (χ0) is 16.7.